The van der Waals surface area contributed by atoms with Gasteiger partial charge in [-0.15, -0.1) is 0 Å². The lowest BCUT2D eigenvalue weighted by atomic mass is 10.2. The zero-order valence-corrected chi connectivity index (χ0v) is 14.2. The molecule has 0 aliphatic rings. The molecule has 0 aromatic heterocycles. The van der Waals surface area contributed by atoms with E-state index in [1.807, 2.05) is 31.2 Å². The Balaban J connectivity index is 1.58. The first-order valence-electron chi connectivity index (χ1n) is 8.48. The average molecular weight is 327 g/mol. The van der Waals surface area contributed by atoms with Crippen molar-refractivity contribution in [3.8, 4) is 5.75 Å². The summed E-state index contributed by atoms with van der Waals surface area (Å²) in [6, 6.07) is 17.2. The second-order valence-electron chi connectivity index (χ2n) is 5.45. The third-order valence-corrected chi connectivity index (χ3v) is 3.54. The molecule has 2 aromatic rings. The number of anilines is 1. The molecule has 1 N–H and O–H groups in total. The van der Waals surface area contributed by atoms with Crippen LogP contribution in [0.25, 0.3) is 0 Å². The molecule has 2 rings (SSSR count). The molecule has 0 amide bonds. The number of nitrogens with one attached hydrogen (secondary N) is 1. The van der Waals surface area contributed by atoms with Gasteiger partial charge in [0.05, 0.1) is 18.8 Å². The molecule has 0 bridgehead atoms. The number of esters is 1. The molecular formula is C20H25NO3. The average Bonchev–Trinajstić information content (AvgIpc) is 2.62. The maximum atomic E-state index is 12.0. The Hall–Kier alpha value is -2.49. The van der Waals surface area contributed by atoms with Gasteiger partial charge in [0.15, 0.2) is 0 Å². The summed E-state index contributed by atoms with van der Waals surface area (Å²) in [6.45, 7) is 3.87. The van der Waals surface area contributed by atoms with Gasteiger partial charge in [-0.25, -0.2) is 4.79 Å². The Morgan fingerprint density at radius 2 is 1.83 bits per heavy atom. The van der Waals surface area contributed by atoms with E-state index in [0.717, 1.165) is 31.5 Å². The lowest BCUT2D eigenvalue weighted by molar-refractivity contribution is 0.0497. The smallest absolute Gasteiger partial charge is 0.338 e. The number of para-hydroxylation sites is 1. The van der Waals surface area contributed by atoms with Crippen LogP contribution in [0.4, 0.5) is 5.69 Å². The van der Waals surface area contributed by atoms with Crippen LogP contribution in [0.2, 0.25) is 0 Å². The summed E-state index contributed by atoms with van der Waals surface area (Å²) in [7, 11) is 0. The number of hydrogen-bond donors (Lipinski definition) is 1. The van der Waals surface area contributed by atoms with Crippen LogP contribution < -0.4 is 10.1 Å². The predicted octanol–water partition coefficient (Wildman–Crippen LogP) is 4.52. The molecule has 0 atom stereocenters. The van der Waals surface area contributed by atoms with E-state index in [4.69, 9.17) is 9.47 Å². The highest BCUT2D eigenvalue weighted by atomic mass is 16.5. The number of rotatable bonds is 10. The third-order valence-electron chi connectivity index (χ3n) is 3.54. The van der Waals surface area contributed by atoms with E-state index in [1.165, 1.54) is 0 Å². The molecule has 0 radical (unpaired) electrons. The van der Waals surface area contributed by atoms with Crippen molar-refractivity contribution in [1.29, 1.82) is 0 Å². The van der Waals surface area contributed by atoms with Crippen molar-refractivity contribution in [1.82, 2.24) is 0 Å². The Kier molecular flexibility index (Phi) is 7.68. The maximum Gasteiger partial charge on any atom is 0.338 e. The molecule has 0 fully saturated rings. The highest BCUT2D eigenvalue weighted by Crippen LogP contribution is 2.14. The van der Waals surface area contributed by atoms with Crippen molar-refractivity contribution < 1.29 is 14.3 Å². The number of ether oxygens (including phenoxy) is 2. The van der Waals surface area contributed by atoms with Gasteiger partial charge >= 0.3 is 5.97 Å². The molecule has 0 aliphatic carbocycles. The van der Waals surface area contributed by atoms with E-state index in [1.54, 1.807) is 18.2 Å². The number of hydrogen-bond acceptors (Lipinski definition) is 4. The summed E-state index contributed by atoms with van der Waals surface area (Å²) in [4.78, 5) is 12.0. The third kappa shape index (κ3) is 6.32. The highest BCUT2D eigenvalue weighted by Gasteiger charge is 2.07. The molecule has 24 heavy (non-hydrogen) atoms. The topological polar surface area (TPSA) is 47.6 Å². The van der Waals surface area contributed by atoms with Crippen LogP contribution in [-0.2, 0) is 4.74 Å². The molecule has 0 spiro atoms. The van der Waals surface area contributed by atoms with E-state index in [-0.39, 0.29) is 5.97 Å². The van der Waals surface area contributed by atoms with Crippen LogP contribution in [0.1, 0.15) is 36.5 Å². The number of carbonyl (C=O) groups is 1. The van der Waals surface area contributed by atoms with Gasteiger partial charge in [-0.3, -0.25) is 0 Å². The van der Waals surface area contributed by atoms with E-state index >= 15 is 0 Å². The van der Waals surface area contributed by atoms with Crippen molar-refractivity contribution in [3.63, 3.8) is 0 Å². The minimum Gasteiger partial charge on any atom is -0.494 e. The van der Waals surface area contributed by atoms with E-state index in [0.29, 0.717) is 24.5 Å². The molecule has 0 heterocycles. The monoisotopic (exact) mass is 327 g/mol. The van der Waals surface area contributed by atoms with Crippen molar-refractivity contribution in [2.45, 2.75) is 26.2 Å². The summed E-state index contributed by atoms with van der Waals surface area (Å²) in [6.07, 6.45) is 2.94. The standard InChI is InChI=1S/C20H25NO3/c1-2-23-19-13-9-10-17(16-19)20(22)24-15-8-4-7-14-21-18-11-5-3-6-12-18/h3,5-6,9-13,16,21H,2,4,7-8,14-15H2,1H3. The van der Waals surface area contributed by atoms with Gasteiger partial charge in [0.25, 0.3) is 0 Å². The van der Waals surface area contributed by atoms with Gasteiger partial charge in [-0.05, 0) is 56.5 Å². The Morgan fingerprint density at radius 1 is 1.00 bits per heavy atom. The van der Waals surface area contributed by atoms with Crippen molar-refractivity contribution in [3.05, 3.63) is 60.2 Å². The first-order chi connectivity index (χ1) is 11.8. The normalized spacial score (nSPS) is 10.2. The molecule has 2 aromatic carbocycles. The molecule has 0 unspecified atom stereocenters. The quantitative estimate of drug-likeness (QED) is 0.515. The summed E-state index contributed by atoms with van der Waals surface area (Å²) in [5.74, 6) is 0.401. The molecule has 0 aliphatic heterocycles. The Labute approximate surface area is 143 Å². The maximum absolute atomic E-state index is 12.0. The fourth-order valence-electron chi connectivity index (χ4n) is 2.32. The molecule has 4 heteroatoms. The summed E-state index contributed by atoms with van der Waals surface area (Å²) in [5, 5.41) is 3.37. The number of unbranched alkanes of at least 4 members (excludes halogenated alkanes) is 2. The first-order valence-corrected chi connectivity index (χ1v) is 8.48. The van der Waals surface area contributed by atoms with Crippen LogP contribution in [0, 0.1) is 0 Å². The van der Waals surface area contributed by atoms with Crippen LogP contribution in [-0.4, -0.2) is 25.7 Å². The molecule has 0 saturated heterocycles. The lowest BCUT2D eigenvalue weighted by Crippen LogP contribution is -2.07. The minimum atomic E-state index is -0.293. The summed E-state index contributed by atoms with van der Waals surface area (Å²) < 4.78 is 10.7. The van der Waals surface area contributed by atoms with Crippen molar-refractivity contribution in [2.24, 2.45) is 0 Å². The molecule has 4 nitrogen and oxygen atoms in total. The second kappa shape index (κ2) is 10.3. The first kappa shape index (κ1) is 17.9. The molecule has 128 valence electrons. The van der Waals surface area contributed by atoms with Crippen LogP contribution in [0.15, 0.2) is 54.6 Å². The largest absolute Gasteiger partial charge is 0.494 e. The Bertz CT molecular complexity index is 613. The van der Waals surface area contributed by atoms with Crippen molar-refractivity contribution >= 4 is 11.7 Å². The van der Waals surface area contributed by atoms with Crippen LogP contribution in [0.3, 0.4) is 0 Å². The fraction of sp³-hybridized carbons (Fsp3) is 0.350. The lowest BCUT2D eigenvalue weighted by Gasteiger charge is -2.08. The minimum absolute atomic E-state index is 0.293. The van der Waals surface area contributed by atoms with Crippen LogP contribution in [0.5, 0.6) is 5.75 Å². The predicted molar refractivity (Wildman–Crippen MR) is 96.7 cm³/mol. The molecular weight excluding hydrogens is 302 g/mol. The van der Waals surface area contributed by atoms with Gasteiger partial charge in [0.1, 0.15) is 5.75 Å². The SMILES string of the molecule is CCOc1cccc(C(=O)OCCCCCNc2ccccc2)c1. The van der Waals surface area contributed by atoms with Gasteiger partial charge in [0, 0.05) is 12.2 Å². The van der Waals surface area contributed by atoms with Gasteiger partial charge in [0.2, 0.25) is 0 Å². The van der Waals surface area contributed by atoms with E-state index < -0.39 is 0 Å². The fourth-order valence-corrected chi connectivity index (χ4v) is 2.32. The van der Waals surface area contributed by atoms with Crippen molar-refractivity contribution in [2.75, 3.05) is 25.1 Å². The zero-order valence-electron chi connectivity index (χ0n) is 14.2. The van der Waals surface area contributed by atoms with E-state index in [9.17, 15) is 4.79 Å². The van der Waals surface area contributed by atoms with Gasteiger partial charge in [-0.1, -0.05) is 24.3 Å². The van der Waals surface area contributed by atoms with Crippen LogP contribution >= 0.6 is 0 Å². The van der Waals surface area contributed by atoms with Gasteiger partial charge < -0.3 is 14.8 Å². The second-order valence-corrected chi connectivity index (χ2v) is 5.45. The Morgan fingerprint density at radius 3 is 2.62 bits per heavy atom. The zero-order chi connectivity index (χ0) is 17.0. The summed E-state index contributed by atoms with van der Waals surface area (Å²) >= 11 is 0. The number of carbonyl (C=O) groups excluding carboxylic acids is 1. The number of benzene rings is 2. The highest BCUT2D eigenvalue weighted by molar-refractivity contribution is 5.89. The van der Waals surface area contributed by atoms with E-state index in [2.05, 4.69) is 17.4 Å². The van der Waals surface area contributed by atoms with Gasteiger partial charge in [-0.2, -0.15) is 0 Å². The summed E-state index contributed by atoms with van der Waals surface area (Å²) in [5.41, 5.74) is 1.67. The molecule has 0 saturated carbocycles.